The van der Waals surface area contributed by atoms with Crippen molar-refractivity contribution in [2.24, 2.45) is 5.41 Å². The molecule has 1 spiro atoms. The zero-order chi connectivity index (χ0) is 41.0. The summed E-state index contributed by atoms with van der Waals surface area (Å²) in [6, 6.07) is 8.03. The molecule has 6 aliphatic rings. The van der Waals surface area contributed by atoms with Gasteiger partial charge in [0.1, 0.15) is 11.9 Å². The summed E-state index contributed by atoms with van der Waals surface area (Å²) in [4.78, 5) is 76.2. The van der Waals surface area contributed by atoms with Crippen molar-refractivity contribution in [3.8, 4) is 0 Å². The third kappa shape index (κ3) is 7.51. The van der Waals surface area contributed by atoms with E-state index in [9.17, 15) is 19.2 Å². The molecule has 3 aromatic rings. The molecule has 5 saturated heterocycles. The first-order valence-electron chi connectivity index (χ1n) is 20.8. The topological polar surface area (TPSA) is 130 Å². The normalized spacial score (nSPS) is 24.2. The fraction of sp³-hybridized carbons (Fsp3) is 0.512. The predicted octanol–water partition coefficient (Wildman–Crippen LogP) is 4.89. The molecule has 2 aromatic carbocycles. The molecule has 59 heavy (non-hydrogen) atoms. The van der Waals surface area contributed by atoms with Gasteiger partial charge in [0.2, 0.25) is 23.5 Å². The molecule has 308 valence electrons. The fourth-order valence-corrected chi connectivity index (χ4v) is 10.5. The Bertz CT molecular complexity index is 2210. The van der Waals surface area contributed by atoms with Crippen molar-refractivity contribution in [3.63, 3.8) is 0 Å². The number of nitrogens with one attached hydrogen (secondary N) is 1. The summed E-state index contributed by atoms with van der Waals surface area (Å²) in [6.07, 6.45) is 9.01. The van der Waals surface area contributed by atoms with Crippen LogP contribution < -0.4 is 20.0 Å². The van der Waals surface area contributed by atoms with Crippen LogP contribution >= 0.6 is 11.6 Å². The molecule has 1 aromatic heterocycles. The quantitative estimate of drug-likeness (QED) is 0.258. The molecule has 7 heterocycles. The van der Waals surface area contributed by atoms with Crippen molar-refractivity contribution in [3.05, 3.63) is 81.7 Å². The summed E-state index contributed by atoms with van der Waals surface area (Å²) in [5.41, 5.74) is 3.26. The Balaban J connectivity index is 0.730. The molecule has 9 rings (SSSR count). The molecule has 2 atom stereocenters. The lowest BCUT2D eigenvalue weighted by Crippen LogP contribution is -2.54. The molecule has 16 heteroatoms. The first-order valence-corrected chi connectivity index (χ1v) is 21.1. The fourth-order valence-electron chi connectivity index (χ4n) is 10.3. The maximum Gasteiger partial charge on any atom is 0.262 e. The monoisotopic (exact) mass is 822 g/mol. The van der Waals surface area contributed by atoms with Crippen molar-refractivity contribution < 1.29 is 23.6 Å². The van der Waals surface area contributed by atoms with E-state index in [-0.39, 0.29) is 29.4 Å². The predicted molar refractivity (Wildman–Crippen MR) is 220 cm³/mol. The summed E-state index contributed by atoms with van der Waals surface area (Å²) >= 11 is 6.38. The molecule has 6 aliphatic heterocycles. The Kier molecular flexibility index (Phi) is 10.5. The van der Waals surface area contributed by atoms with Crippen molar-refractivity contribution >= 4 is 58.2 Å². The molecule has 0 saturated carbocycles. The van der Waals surface area contributed by atoms with E-state index in [1.54, 1.807) is 0 Å². The van der Waals surface area contributed by atoms with Gasteiger partial charge >= 0.3 is 0 Å². The Morgan fingerprint density at radius 1 is 0.898 bits per heavy atom. The molecule has 1 unspecified atom stereocenters. The smallest absolute Gasteiger partial charge is 0.262 e. The highest BCUT2D eigenvalue weighted by Crippen LogP contribution is 2.46. The highest BCUT2D eigenvalue weighted by molar-refractivity contribution is 6.33. The minimum atomic E-state index is -1.09. The van der Waals surface area contributed by atoms with Crippen LogP contribution in [0.15, 0.2) is 42.7 Å². The summed E-state index contributed by atoms with van der Waals surface area (Å²) in [6.45, 7) is 18.2. The van der Waals surface area contributed by atoms with E-state index in [0.29, 0.717) is 41.6 Å². The van der Waals surface area contributed by atoms with Gasteiger partial charge in [-0.2, -0.15) is 0 Å². The lowest BCUT2D eigenvalue weighted by molar-refractivity contribution is -0.136. The van der Waals surface area contributed by atoms with E-state index in [0.717, 1.165) is 113 Å². The average molecular weight is 823 g/mol. The lowest BCUT2D eigenvalue weighted by atomic mass is 9.77. The van der Waals surface area contributed by atoms with Crippen LogP contribution in [0.3, 0.4) is 0 Å². The van der Waals surface area contributed by atoms with Crippen LogP contribution in [-0.4, -0.2) is 125 Å². The zero-order valence-corrected chi connectivity index (χ0v) is 34.0. The van der Waals surface area contributed by atoms with E-state index in [4.69, 9.17) is 28.1 Å². The second kappa shape index (κ2) is 15.8. The van der Waals surface area contributed by atoms with Gasteiger partial charge in [-0.1, -0.05) is 17.7 Å². The SMILES string of the molecule is [C-]#[N+]c1ccc(N2CC3(CCN(c4ncc(CN5CCN(C6CCN(c7cc8c(cc7F)C(=O)N(C7CCC(=O)NC7=O)C8=O)CC6)CC5)cn4)CC3)C[C@@H]2C)cc1Cl. The summed E-state index contributed by atoms with van der Waals surface area (Å²) < 4.78 is 15.5. The maximum atomic E-state index is 15.5. The third-order valence-electron chi connectivity index (χ3n) is 13.6. The second-order valence-corrected chi connectivity index (χ2v) is 17.5. The van der Waals surface area contributed by atoms with Gasteiger partial charge < -0.3 is 14.7 Å². The summed E-state index contributed by atoms with van der Waals surface area (Å²) in [5.74, 6) is -2.25. The van der Waals surface area contributed by atoms with Crippen molar-refractivity contribution in [2.75, 3.05) is 73.6 Å². The van der Waals surface area contributed by atoms with Crippen LogP contribution in [0.5, 0.6) is 0 Å². The van der Waals surface area contributed by atoms with Crippen LogP contribution in [0.1, 0.15) is 78.1 Å². The second-order valence-electron chi connectivity index (χ2n) is 17.1. The van der Waals surface area contributed by atoms with Gasteiger partial charge in [-0.25, -0.2) is 19.2 Å². The minimum Gasteiger partial charge on any atom is -0.369 e. The van der Waals surface area contributed by atoms with Gasteiger partial charge in [0.15, 0.2) is 0 Å². The largest absolute Gasteiger partial charge is 0.369 e. The molecule has 0 bridgehead atoms. The molecule has 0 radical (unpaired) electrons. The number of amides is 4. The molecule has 5 fully saturated rings. The standard InChI is InChI=1S/C43H48ClFN10O4/c1-27-22-43(26-54(27)30-3-4-35(46-2)33(44)19-30)9-13-53(14-10-43)42-47-23-28(24-48-42)25-50-15-17-51(18-16-50)29-7-11-52(12-8-29)37-21-32-31(20-34(37)45)40(58)55(41(32)59)36-5-6-38(56)49-39(36)57/h3-4,19-21,23-24,27,29,36H,5-18,22,25-26H2,1H3,(H,49,56,57)/t27-,36?/m0/s1. The number of halogens is 2. The number of hydrogen-bond donors (Lipinski definition) is 1. The van der Waals surface area contributed by atoms with Crippen molar-refractivity contribution in [1.29, 1.82) is 0 Å². The van der Waals surface area contributed by atoms with Gasteiger partial charge in [-0.15, -0.1) is 0 Å². The van der Waals surface area contributed by atoms with E-state index < -0.39 is 35.5 Å². The lowest BCUT2D eigenvalue weighted by Gasteiger charge is -2.43. The van der Waals surface area contributed by atoms with Gasteiger partial charge in [0.25, 0.3) is 11.8 Å². The molecule has 0 aliphatic carbocycles. The van der Waals surface area contributed by atoms with Gasteiger partial charge in [0.05, 0.1) is 23.4 Å². The number of imide groups is 2. The Morgan fingerprint density at radius 3 is 2.25 bits per heavy atom. The van der Waals surface area contributed by atoms with Gasteiger partial charge in [0, 0.05) is 113 Å². The van der Waals surface area contributed by atoms with Crippen LogP contribution in [0.2, 0.25) is 5.02 Å². The number of aromatic nitrogens is 2. The summed E-state index contributed by atoms with van der Waals surface area (Å²) in [7, 11) is 0. The molecule has 4 amide bonds. The van der Waals surface area contributed by atoms with E-state index in [1.807, 2.05) is 35.5 Å². The number of piperazine rings is 1. The van der Waals surface area contributed by atoms with E-state index in [2.05, 4.69) is 36.7 Å². The minimum absolute atomic E-state index is 0.0264. The number of carbonyl (C=O) groups excluding carboxylic acids is 4. The highest BCUT2D eigenvalue weighted by atomic mass is 35.5. The van der Waals surface area contributed by atoms with Crippen molar-refractivity contribution in [1.82, 2.24) is 30.0 Å². The first-order chi connectivity index (χ1) is 28.5. The maximum absolute atomic E-state index is 15.5. The van der Waals surface area contributed by atoms with Crippen LogP contribution in [0, 0.1) is 17.8 Å². The Morgan fingerprint density at radius 2 is 1.59 bits per heavy atom. The number of fused-ring (bicyclic) bond motifs is 1. The van der Waals surface area contributed by atoms with Gasteiger partial charge in [-0.3, -0.25) is 39.2 Å². The molecular weight excluding hydrogens is 775 g/mol. The highest BCUT2D eigenvalue weighted by Gasteiger charge is 2.46. The Hall–Kier alpha value is -5.17. The average Bonchev–Trinajstić information content (AvgIpc) is 3.68. The number of benzene rings is 2. The molecule has 1 N–H and O–H groups in total. The number of anilines is 3. The summed E-state index contributed by atoms with van der Waals surface area (Å²) in [5, 5.41) is 2.70. The van der Waals surface area contributed by atoms with Crippen LogP contribution in [0.25, 0.3) is 4.85 Å². The number of piperidine rings is 3. The van der Waals surface area contributed by atoms with Crippen molar-refractivity contribution in [2.45, 2.75) is 76.5 Å². The van der Waals surface area contributed by atoms with Gasteiger partial charge in [-0.05, 0) is 75.1 Å². The van der Waals surface area contributed by atoms with E-state index in [1.165, 1.54) is 6.07 Å². The molecular formula is C43H48ClFN10O4. The number of hydrogen-bond acceptors (Lipinski definition) is 11. The molecule has 14 nitrogen and oxygen atoms in total. The number of nitrogens with zero attached hydrogens (tertiary/aromatic N) is 9. The first kappa shape index (κ1) is 39.3. The Labute approximate surface area is 348 Å². The third-order valence-corrected chi connectivity index (χ3v) is 13.9. The zero-order valence-electron chi connectivity index (χ0n) is 33.2. The van der Waals surface area contributed by atoms with Crippen LogP contribution in [-0.2, 0) is 16.1 Å². The van der Waals surface area contributed by atoms with Crippen LogP contribution in [0.4, 0.5) is 27.4 Å². The number of carbonyl (C=O) groups is 4. The van der Waals surface area contributed by atoms with E-state index >= 15 is 4.39 Å². The number of rotatable bonds is 7.